The molecular formula is C21H34O3. The van der Waals surface area contributed by atoms with Crippen molar-refractivity contribution in [3.05, 3.63) is 0 Å². The lowest BCUT2D eigenvalue weighted by Gasteiger charge is -2.55. The van der Waals surface area contributed by atoms with Crippen LogP contribution in [0.3, 0.4) is 0 Å². The highest BCUT2D eigenvalue weighted by Gasteiger charge is 2.60. The number of Topliss-reactive ketones (excluding diaryl/α,β-unsaturated/α-hetero) is 1. The molecule has 3 aliphatic rings. The predicted molar refractivity (Wildman–Crippen MR) is 94.5 cm³/mol. The van der Waals surface area contributed by atoms with Crippen LogP contribution in [-0.2, 0) is 14.3 Å². The molecule has 24 heavy (non-hydrogen) atoms. The highest BCUT2D eigenvalue weighted by atomic mass is 16.5. The summed E-state index contributed by atoms with van der Waals surface area (Å²) in [6.45, 7) is 8.34. The van der Waals surface area contributed by atoms with Crippen molar-refractivity contribution in [2.45, 2.75) is 91.6 Å². The Morgan fingerprint density at radius 2 is 1.92 bits per heavy atom. The molecule has 3 nitrogen and oxygen atoms in total. The smallest absolute Gasteiger partial charge is 0.302 e. The summed E-state index contributed by atoms with van der Waals surface area (Å²) < 4.78 is 5.70. The molecule has 3 saturated carbocycles. The fraction of sp³-hybridized carbons (Fsp3) is 0.905. The summed E-state index contributed by atoms with van der Waals surface area (Å²) in [5.74, 6) is 2.17. The van der Waals surface area contributed by atoms with Gasteiger partial charge in [0, 0.05) is 24.2 Å². The average molecular weight is 335 g/mol. The van der Waals surface area contributed by atoms with Crippen molar-refractivity contribution in [2.24, 2.45) is 28.6 Å². The van der Waals surface area contributed by atoms with Crippen LogP contribution in [-0.4, -0.2) is 17.9 Å². The molecule has 0 radical (unpaired) electrons. The van der Waals surface area contributed by atoms with E-state index in [1.54, 1.807) is 0 Å². The zero-order valence-electron chi connectivity index (χ0n) is 15.9. The molecule has 0 bridgehead atoms. The number of hydrogen-bond acceptors (Lipinski definition) is 3. The zero-order valence-corrected chi connectivity index (χ0v) is 15.9. The van der Waals surface area contributed by atoms with Crippen LogP contribution in [0.2, 0.25) is 0 Å². The van der Waals surface area contributed by atoms with E-state index in [2.05, 4.69) is 20.8 Å². The lowest BCUT2D eigenvalue weighted by molar-refractivity contribution is -0.160. The Kier molecular flexibility index (Phi) is 4.83. The van der Waals surface area contributed by atoms with Crippen LogP contribution >= 0.6 is 0 Å². The van der Waals surface area contributed by atoms with Gasteiger partial charge in [-0.2, -0.15) is 0 Å². The minimum Gasteiger partial charge on any atom is -0.462 e. The van der Waals surface area contributed by atoms with E-state index in [-0.39, 0.29) is 22.9 Å². The van der Waals surface area contributed by atoms with E-state index in [1.807, 2.05) is 0 Å². The molecular weight excluding hydrogens is 300 g/mol. The molecule has 0 aromatic carbocycles. The Balaban J connectivity index is 1.83. The molecule has 0 aromatic heterocycles. The maximum Gasteiger partial charge on any atom is 0.302 e. The molecule has 3 aliphatic carbocycles. The van der Waals surface area contributed by atoms with Gasteiger partial charge in [-0.05, 0) is 56.3 Å². The van der Waals surface area contributed by atoms with Crippen molar-refractivity contribution < 1.29 is 14.3 Å². The Morgan fingerprint density at radius 1 is 1.17 bits per heavy atom. The number of hydrogen-bond donors (Lipinski definition) is 0. The predicted octanol–water partition coefficient (Wildman–Crippen LogP) is 4.92. The van der Waals surface area contributed by atoms with E-state index >= 15 is 0 Å². The zero-order chi connectivity index (χ0) is 17.5. The summed E-state index contributed by atoms with van der Waals surface area (Å²) in [5.41, 5.74) is 0.0126. The lowest BCUT2D eigenvalue weighted by Crippen LogP contribution is -2.53. The molecule has 0 saturated heterocycles. The van der Waals surface area contributed by atoms with Gasteiger partial charge in [-0.3, -0.25) is 9.59 Å². The quantitative estimate of drug-likeness (QED) is 0.685. The summed E-state index contributed by atoms with van der Waals surface area (Å²) in [5, 5.41) is 0. The van der Waals surface area contributed by atoms with E-state index < -0.39 is 0 Å². The van der Waals surface area contributed by atoms with Crippen molar-refractivity contribution >= 4 is 11.8 Å². The Hall–Kier alpha value is -0.860. The lowest BCUT2D eigenvalue weighted by atomic mass is 9.49. The first-order valence-electron chi connectivity index (χ1n) is 10.0. The van der Waals surface area contributed by atoms with Gasteiger partial charge < -0.3 is 4.74 Å². The maximum atomic E-state index is 12.8. The van der Waals surface area contributed by atoms with E-state index in [9.17, 15) is 9.59 Å². The third kappa shape index (κ3) is 2.72. The Labute approximate surface area is 146 Å². The van der Waals surface area contributed by atoms with Crippen LogP contribution in [0.15, 0.2) is 0 Å². The van der Waals surface area contributed by atoms with Crippen molar-refractivity contribution in [3.63, 3.8) is 0 Å². The van der Waals surface area contributed by atoms with E-state index in [4.69, 9.17) is 4.74 Å². The minimum absolute atomic E-state index is 0.0838. The van der Waals surface area contributed by atoms with Gasteiger partial charge in [0.1, 0.15) is 11.9 Å². The van der Waals surface area contributed by atoms with E-state index in [0.29, 0.717) is 23.5 Å². The van der Waals surface area contributed by atoms with E-state index in [0.717, 1.165) is 57.8 Å². The topological polar surface area (TPSA) is 43.4 Å². The summed E-state index contributed by atoms with van der Waals surface area (Å²) in [6, 6.07) is 0. The maximum absolute atomic E-state index is 12.8. The van der Waals surface area contributed by atoms with Gasteiger partial charge in [-0.15, -0.1) is 0 Å². The molecule has 0 unspecified atom stereocenters. The number of carbonyl (C=O) groups excluding carboxylic acids is 2. The largest absolute Gasteiger partial charge is 0.462 e. The van der Waals surface area contributed by atoms with Crippen molar-refractivity contribution in [2.75, 3.05) is 0 Å². The molecule has 136 valence electrons. The molecule has 0 aromatic rings. The first-order valence-corrected chi connectivity index (χ1v) is 10.0. The number of rotatable bonds is 4. The van der Waals surface area contributed by atoms with Gasteiger partial charge in [0.05, 0.1) is 0 Å². The molecule has 0 amide bonds. The van der Waals surface area contributed by atoms with Crippen molar-refractivity contribution in [1.29, 1.82) is 0 Å². The second-order valence-electron chi connectivity index (χ2n) is 9.08. The average Bonchev–Trinajstić information content (AvgIpc) is 2.85. The molecule has 3 rings (SSSR count). The molecule has 3 fully saturated rings. The number of fused-ring (bicyclic) bond motifs is 3. The van der Waals surface area contributed by atoms with E-state index in [1.165, 1.54) is 6.92 Å². The summed E-state index contributed by atoms with van der Waals surface area (Å²) in [6.07, 6.45) is 9.66. The van der Waals surface area contributed by atoms with Crippen LogP contribution in [0.5, 0.6) is 0 Å². The van der Waals surface area contributed by atoms with Crippen LogP contribution in [0.1, 0.15) is 85.5 Å². The molecule has 3 heteroatoms. The Morgan fingerprint density at radius 3 is 2.58 bits per heavy atom. The molecule has 0 N–H and O–H groups in total. The highest BCUT2D eigenvalue weighted by Crippen LogP contribution is 2.63. The fourth-order valence-electron chi connectivity index (χ4n) is 6.49. The van der Waals surface area contributed by atoms with Crippen molar-refractivity contribution in [1.82, 2.24) is 0 Å². The third-order valence-corrected chi connectivity index (χ3v) is 7.87. The molecule has 0 aliphatic heterocycles. The fourth-order valence-corrected chi connectivity index (χ4v) is 6.49. The van der Waals surface area contributed by atoms with Gasteiger partial charge >= 0.3 is 5.97 Å². The monoisotopic (exact) mass is 334 g/mol. The van der Waals surface area contributed by atoms with Crippen LogP contribution in [0.25, 0.3) is 0 Å². The summed E-state index contributed by atoms with van der Waals surface area (Å²) in [4.78, 5) is 24.3. The summed E-state index contributed by atoms with van der Waals surface area (Å²) >= 11 is 0. The highest BCUT2D eigenvalue weighted by molar-refractivity contribution is 5.85. The first kappa shape index (κ1) is 17.9. The van der Waals surface area contributed by atoms with Gasteiger partial charge in [0.25, 0.3) is 0 Å². The number of ketones is 1. The molecule has 0 spiro atoms. The molecule has 0 heterocycles. The van der Waals surface area contributed by atoms with Gasteiger partial charge in [0.15, 0.2) is 0 Å². The molecule has 6 atom stereocenters. The second-order valence-corrected chi connectivity index (χ2v) is 9.08. The van der Waals surface area contributed by atoms with Gasteiger partial charge in [-0.25, -0.2) is 0 Å². The number of esters is 1. The summed E-state index contributed by atoms with van der Waals surface area (Å²) in [7, 11) is 0. The minimum atomic E-state index is -0.143. The van der Waals surface area contributed by atoms with Crippen LogP contribution in [0.4, 0.5) is 0 Å². The van der Waals surface area contributed by atoms with Crippen molar-refractivity contribution in [3.8, 4) is 0 Å². The standard InChI is InChI=1S/C21H34O3/c1-5-6-12-20(3)17-11-13-21(4)16(15(17)7-9-18(20)23)8-10-19(21)24-14(2)22/h15-17,19H,5-13H2,1-4H3/t15-,16-,17-,19+,20+,21-/m0/s1. The normalized spacial score (nSPS) is 44.8. The first-order chi connectivity index (χ1) is 11.3. The SMILES string of the molecule is CCCC[C@@]1(C)C(=O)CC[C@H]2[C@@H]3CC[C@@H](OC(C)=O)[C@@]3(C)CC[C@@H]21. The van der Waals surface area contributed by atoms with Gasteiger partial charge in [-0.1, -0.05) is 33.6 Å². The number of ether oxygens (including phenoxy) is 1. The number of carbonyl (C=O) groups is 2. The van der Waals surface area contributed by atoms with Crippen LogP contribution < -0.4 is 0 Å². The second kappa shape index (κ2) is 6.46. The Bertz CT molecular complexity index is 513. The van der Waals surface area contributed by atoms with Crippen LogP contribution in [0, 0.1) is 28.6 Å². The van der Waals surface area contributed by atoms with Gasteiger partial charge in [0.2, 0.25) is 0 Å². The third-order valence-electron chi connectivity index (χ3n) is 7.87. The number of unbranched alkanes of at least 4 members (excludes halogenated alkanes) is 1.